The average molecular weight is 266 g/mol. The van der Waals surface area contributed by atoms with Gasteiger partial charge in [0.05, 0.1) is 6.54 Å². The molecule has 0 amide bonds. The molecule has 2 aromatic rings. The normalized spacial score (nSPS) is 11.4. The molecule has 0 saturated carbocycles. The molecule has 1 N–H and O–H groups in total. The Bertz CT molecular complexity index is 608. The SMILES string of the molecule is CS(=O)(=O)c1cccnc1NCCn1cccn1. The highest BCUT2D eigenvalue weighted by atomic mass is 32.2. The van der Waals surface area contributed by atoms with Gasteiger partial charge in [0.25, 0.3) is 0 Å². The van der Waals surface area contributed by atoms with Gasteiger partial charge in [0.1, 0.15) is 10.7 Å². The minimum atomic E-state index is -3.27. The lowest BCUT2D eigenvalue weighted by Crippen LogP contribution is -2.14. The number of nitrogens with one attached hydrogen (secondary N) is 1. The number of aromatic nitrogens is 3. The third kappa shape index (κ3) is 3.07. The van der Waals surface area contributed by atoms with Crippen LogP contribution in [0.25, 0.3) is 0 Å². The van der Waals surface area contributed by atoms with Crippen LogP contribution in [-0.2, 0) is 16.4 Å². The molecule has 0 saturated heterocycles. The summed E-state index contributed by atoms with van der Waals surface area (Å²) in [5, 5.41) is 7.06. The number of nitrogens with zero attached hydrogens (tertiary/aromatic N) is 3. The molecule has 0 aliphatic heterocycles. The van der Waals surface area contributed by atoms with Crippen molar-refractivity contribution >= 4 is 15.7 Å². The van der Waals surface area contributed by atoms with Gasteiger partial charge in [-0.15, -0.1) is 0 Å². The van der Waals surface area contributed by atoms with E-state index in [4.69, 9.17) is 0 Å². The molecule has 0 spiro atoms. The van der Waals surface area contributed by atoms with Crippen molar-refractivity contribution in [2.75, 3.05) is 18.1 Å². The van der Waals surface area contributed by atoms with Gasteiger partial charge in [-0.2, -0.15) is 5.10 Å². The van der Waals surface area contributed by atoms with Crippen LogP contribution in [0.1, 0.15) is 0 Å². The minimum absolute atomic E-state index is 0.213. The minimum Gasteiger partial charge on any atom is -0.367 e. The number of rotatable bonds is 5. The van der Waals surface area contributed by atoms with Gasteiger partial charge in [-0.1, -0.05) is 0 Å². The van der Waals surface area contributed by atoms with Gasteiger partial charge in [0, 0.05) is 31.4 Å². The van der Waals surface area contributed by atoms with Crippen LogP contribution in [0.4, 0.5) is 5.82 Å². The van der Waals surface area contributed by atoms with E-state index in [1.54, 1.807) is 29.2 Å². The fourth-order valence-corrected chi connectivity index (χ4v) is 2.35. The second-order valence-electron chi connectivity index (χ2n) is 3.82. The van der Waals surface area contributed by atoms with Gasteiger partial charge in [-0.05, 0) is 18.2 Å². The predicted molar refractivity (Wildman–Crippen MR) is 68.1 cm³/mol. The molecule has 0 radical (unpaired) electrons. The van der Waals surface area contributed by atoms with Crippen molar-refractivity contribution in [3.05, 3.63) is 36.8 Å². The summed E-state index contributed by atoms with van der Waals surface area (Å²) in [6, 6.07) is 4.98. The molecule has 0 aliphatic rings. The van der Waals surface area contributed by atoms with E-state index in [9.17, 15) is 8.42 Å². The molecular weight excluding hydrogens is 252 g/mol. The number of hydrogen-bond acceptors (Lipinski definition) is 5. The van der Waals surface area contributed by atoms with E-state index in [-0.39, 0.29) is 4.90 Å². The lowest BCUT2D eigenvalue weighted by atomic mass is 10.4. The number of hydrogen-bond donors (Lipinski definition) is 1. The van der Waals surface area contributed by atoms with Crippen LogP contribution in [0.2, 0.25) is 0 Å². The zero-order chi connectivity index (χ0) is 13.0. The van der Waals surface area contributed by atoms with Gasteiger partial charge >= 0.3 is 0 Å². The first kappa shape index (κ1) is 12.6. The second kappa shape index (κ2) is 5.18. The highest BCUT2D eigenvalue weighted by Gasteiger charge is 2.13. The second-order valence-corrected chi connectivity index (χ2v) is 5.80. The zero-order valence-electron chi connectivity index (χ0n) is 9.94. The molecule has 0 aromatic carbocycles. The van der Waals surface area contributed by atoms with E-state index < -0.39 is 9.84 Å². The molecule has 18 heavy (non-hydrogen) atoms. The van der Waals surface area contributed by atoms with Crippen molar-refractivity contribution in [3.8, 4) is 0 Å². The van der Waals surface area contributed by atoms with Crippen LogP contribution in [0.5, 0.6) is 0 Å². The first-order valence-electron chi connectivity index (χ1n) is 5.44. The molecule has 7 heteroatoms. The van der Waals surface area contributed by atoms with Crippen LogP contribution >= 0.6 is 0 Å². The van der Waals surface area contributed by atoms with Crippen LogP contribution in [0.3, 0.4) is 0 Å². The molecule has 0 fully saturated rings. The molecule has 0 atom stereocenters. The molecule has 2 aromatic heterocycles. The smallest absolute Gasteiger partial charge is 0.179 e. The van der Waals surface area contributed by atoms with Crippen LogP contribution < -0.4 is 5.32 Å². The molecule has 2 rings (SSSR count). The lowest BCUT2D eigenvalue weighted by molar-refractivity contribution is 0.601. The third-order valence-electron chi connectivity index (χ3n) is 2.36. The van der Waals surface area contributed by atoms with Crippen LogP contribution in [0, 0.1) is 0 Å². The van der Waals surface area contributed by atoms with Crippen LogP contribution in [0.15, 0.2) is 41.7 Å². The van der Waals surface area contributed by atoms with Crippen molar-refractivity contribution in [2.45, 2.75) is 11.4 Å². The summed E-state index contributed by atoms with van der Waals surface area (Å²) >= 11 is 0. The van der Waals surface area contributed by atoms with Gasteiger partial charge in [-0.25, -0.2) is 13.4 Å². The first-order valence-corrected chi connectivity index (χ1v) is 7.33. The fraction of sp³-hybridized carbons (Fsp3) is 0.273. The topological polar surface area (TPSA) is 76.9 Å². The summed E-state index contributed by atoms with van der Waals surface area (Å²) in [7, 11) is -3.27. The van der Waals surface area contributed by atoms with E-state index in [1.807, 2.05) is 12.3 Å². The monoisotopic (exact) mass is 266 g/mol. The summed E-state index contributed by atoms with van der Waals surface area (Å²) in [5.74, 6) is 0.382. The van der Waals surface area contributed by atoms with Gasteiger partial charge in [0.15, 0.2) is 9.84 Å². The molecule has 2 heterocycles. The van der Waals surface area contributed by atoms with Gasteiger partial charge in [0.2, 0.25) is 0 Å². The Labute approximate surface area is 106 Å². The fourth-order valence-electron chi connectivity index (χ4n) is 1.54. The quantitative estimate of drug-likeness (QED) is 0.866. The maximum absolute atomic E-state index is 11.5. The highest BCUT2D eigenvalue weighted by molar-refractivity contribution is 7.90. The number of pyridine rings is 1. The van der Waals surface area contributed by atoms with E-state index in [0.717, 1.165) is 0 Å². The van der Waals surface area contributed by atoms with Crippen LogP contribution in [-0.4, -0.2) is 36.0 Å². The molecule has 6 nitrogen and oxygen atoms in total. The predicted octanol–water partition coefficient (Wildman–Crippen LogP) is 0.794. The average Bonchev–Trinajstić information content (AvgIpc) is 2.81. The molecule has 0 unspecified atom stereocenters. The van der Waals surface area contributed by atoms with Gasteiger partial charge in [-0.3, -0.25) is 4.68 Å². The Morgan fingerprint density at radius 1 is 1.33 bits per heavy atom. The zero-order valence-corrected chi connectivity index (χ0v) is 10.8. The van der Waals surface area contributed by atoms with E-state index in [2.05, 4.69) is 15.4 Å². The first-order chi connectivity index (χ1) is 8.57. The molecule has 0 bridgehead atoms. The number of anilines is 1. The van der Waals surface area contributed by atoms with E-state index >= 15 is 0 Å². The Balaban J connectivity index is 2.06. The number of sulfone groups is 1. The summed E-state index contributed by atoms with van der Waals surface area (Å²) in [6.07, 6.45) is 6.27. The Kier molecular flexibility index (Phi) is 3.61. The maximum atomic E-state index is 11.5. The Hall–Kier alpha value is -1.89. The third-order valence-corrected chi connectivity index (χ3v) is 3.49. The van der Waals surface area contributed by atoms with E-state index in [1.165, 1.54) is 6.26 Å². The van der Waals surface area contributed by atoms with Gasteiger partial charge < -0.3 is 5.32 Å². The van der Waals surface area contributed by atoms with Crippen molar-refractivity contribution in [1.29, 1.82) is 0 Å². The van der Waals surface area contributed by atoms with Crippen molar-refractivity contribution in [2.24, 2.45) is 0 Å². The summed E-state index contributed by atoms with van der Waals surface area (Å²) in [4.78, 5) is 4.26. The Morgan fingerprint density at radius 2 is 2.17 bits per heavy atom. The molecular formula is C11H14N4O2S. The summed E-state index contributed by atoms with van der Waals surface area (Å²) < 4.78 is 24.9. The standard InChI is InChI=1S/C11H14N4O2S/c1-18(16,17)10-4-2-5-12-11(10)13-7-9-15-8-3-6-14-15/h2-6,8H,7,9H2,1H3,(H,12,13). The largest absolute Gasteiger partial charge is 0.367 e. The lowest BCUT2D eigenvalue weighted by Gasteiger charge is -2.09. The van der Waals surface area contributed by atoms with Crippen molar-refractivity contribution in [3.63, 3.8) is 0 Å². The molecule has 96 valence electrons. The highest BCUT2D eigenvalue weighted by Crippen LogP contribution is 2.17. The van der Waals surface area contributed by atoms with Crippen molar-refractivity contribution < 1.29 is 8.42 Å². The Morgan fingerprint density at radius 3 is 2.83 bits per heavy atom. The van der Waals surface area contributed by atoms with Crippen molar-refractivity contribution in [1.82, 2.24) is 14.8 Å². The maximum Gasteiger partial charge on any atom is 0.179 e. The summed E-state index contributed by atoms with van der Waals surface area (Å²) in [5.41, 5.74) is 0. The molecule has 0 aliphatic carbocycles. The van der Waals surface area contributed by atoms with E-state index in [0.29, 0.717) is 18.9 Å². The summed E-state index contributed by atoms with van der Waals surface area (Å²) in [6.45, 7) is 1.20.